The van der Waals surface area contributed by atoms with Gasteiger partial charge in [0.05, 0.1) is 0 Å². The van der Waals surface area contributed by atoms with E-state index in [1.807, 2.05) is 0 Å². The van der Waals surface area contributed by atoms with Crippen molar-refractivity contribution in [3.05, 3.63) is 23.3 Å². The zero-order chi connectivity index (χ0) is 22.5. The van der Waals surface area contributed by atoms with Crippen LogP contribution in [0.5, 0.6) is 11.5 Å². The summed E-state index contributed by atoms with van der Waals surface area (Å²) in [5, 5.41) is 0.196. The van der Waals surface area contributed by atoms with Crippen molar-refractivity contribution in [2.45, 2.75) is 118 Å². The highest BCUT2D eigenvalue weighted by Gasteiger charge is 2.62. The van der Waals surface area contributed by atoms with Crippen molar-refractivity contribution in [1.82, 2.24) is 0 Å². The number of hydrogen-bond acceptors (Lipinski definition) is 2. The molecule has 2 aliphatic carbocycles. The molecule has 0 spiro atoms. The maximum Gasteiger partial charge on any atom is 0.250 e. The first-order chi connectivity index (χ1) is 13.7. The minimum atomic E-state index is -1.88. The van der Waals surface area contributed by atoms with Crippen LogP contribution in [0.15, 0.2) is 12.1 Å². The van der Waals surface area contributed by atoms with E-state index in [9.17, 15) is 0 Å². The summed E-state index contributed by atoms with van der Waals surface area (Å²) >= 11 is 0. The van der Waals surface area contributed by atoms with Gasteiger partial charge >= 0.3 is 0 Å². The lowest BCUT2D eigenvalue weighted by atomic mass is 9.70. The van der Waals surface area contributed by atoms with E-state index in [1.165, 1.54) is 43.2 Å². The van der Waals surface area contributed by atoms with E-state index in [2.05, 4.69) is 80.6 Å². The second-order valence-corrected chi connectivity index (χ2v) is 17.1. The molecule has 30 heavy (non-hydrogen) atoms. The second kappa shape index (κ2) is 7.87. The molecule has 2 saturated carbocycles. The highest BCUT2D eigenvalue weighted by Crippen LogP contribution is 2.66. The molecule has 0 aromatic heterocycles. The van der Waals surface area contributed by atoms with E-state index in [0.717, 1.165) is 23.8 Å². The van der Waals surface area contributed by atoms with Crippen molar-refractivity contribution in [1.29, 1.82) is 0 Å². The van der Waals surface area contributed by atoms with E-state index >= 15 is 0 Å². The monoisotopic (exact) mass is 430 g/mol. The standard InChI is InChI=1S/C27H46O2Si/c1-11-12-13-20-17-22(19(2)16-23(20)29-30(9,10)25(3,4)5)28-24-18-21-14-15-27(24,8)26(21,6)7/h16-17,21,24H,11-15,18H2,1-10H3/t21?,24-,27?/m0/s1. The van der Waals surface area contributed by atoms with Crippen molar-refractivity contribution in [2.24, 2.45) is 16.7 Å². The molecular weight excluding hydrogens is 384 g/mol. The highest BCUT2D eigenvalue weighted by atomic mass is 28.4. The maximum atomic E-state index is 6.81. The van der Waals surface area contributed by atoms with Gasteiger partial charge in [-0.15, -0.1) is 0 Å². The van der Waals surface area contributed by atoms with E-state index in [0.29, 0.717) is 11.5 Å². The predicted molar refractivity (Wildman–Crippen MR) is 131 cm³/mol. The van der Waals surface area contributed by atoms with Crippen LogP contribution in [-0.2, 0) is 6.42 Å². The zero-order valence-electron chi connectivity index (χ0n) is 21.4. The number of unbranched alkanes of at least 4 members (excludes halogenated alkanes) is 1. The van der Waals surface area contributed by atoms with Gasteiger partial charge in [0.1, 0.15) is 17.6 Å². The van der Waals surface area contributed by atoms with Gasteiger partial charge in [-0.1, -0.05) is 54.9 Å². The third-order valence-electron chi connectivity index (χ3n) is 9.31. The summed E-state index contributed by atoms with van der Waals surface area (Å²) < 4.78 is 13.6. The normalized spacial score (nSPS) is 28.1. The third-order valence-corrected chi connectivity index (χ3v) is 13.7. The van der Waals surface area contributed by atoms with Gasteiger partial charge in [0, 0.05) is 5.41 Å². The molecule has 170 valence electrons. The van der Waals surface area contributed by atoms with E-state index < -0.39 is 8.32 Å². The molecule has 0 radical (unpaired) electrons. The summed E-state index contributed by atoms with van der Waals surface area (Å²) in [7, 11) is -1.88. The lowest BCUT2D eigenvalue weighted by Gasteiger charge is -2.39. The summed E-state index contributed by atoms with van der Waals surface area (Å²) in [5.41, 5.74) is 3.20. The molecule has 2 unspecified atom stereocenters. The van der Waals surface area contributed by atoms with Crippen molar-refractivity contribution < 1.29 is 9.16 Å². The number of hydrogen-bond donors (Lipinski definition) is 0. The average Bonchev–Trinajstić information content (AvgIpc) is 2.95. The summed E-state index contributed by atoms with van der Waals surface area (Å²) in [6, 6.07) is 4.58. The van der Waals surface area contributed by atoms with E-state index in [-0.39, 0.29) is 10.5 Å². The Labute approximate surface area is 187 Å². The Morgan fingerprint density at radius 2 is 1.77 bits per heavy atom. The van der Waals surface area contributed by atoms with Gasteiger partial charge in [0.2, 0.25) is 8.32 Å². The molecule has 3 atom stereocenters. The molecule has 2 bridgehead atoms. The van der Waals surface area contributed by atoms with Crippen molar-refractivity contribution in [3.63, 3.8) is 0 Å². The molecule has 1 aromatic carbocycles. The fourth-order valence-electron chi connectivity index (χ4n) is 5.38. The van der Waals surface area contributed by atoms with E-state index in [1.54, 1.807) is 0 Å². The topological polar surface area (TPSA) is 18.5 Å². The minimum Gasteiger partial charge on any atom is -0.543 e. The van der Waals surface area contributed by atoms with Crippen LogP contribution in [0.2, 0.25) is 18.1 Å². The van der Waals surface area contributed by atoms with Gasteiger partial charge in [-0.25, -0.2) is 0 Å². The molecule has 3 rings (SSSR count). The molecule has 0 aliphatic heterocycles. The zero-order valence-corrected chi connectivity index (χ0v) is 22.4. The number of aryl methyl sites for hydroxylation is 2. The SMILES string of the molecule is CCCCc1cc(O[C@H]2CC3CCC2(C)C3(C)C)c(C)cc1O[Si](C)(C)C(C)(C)C. The lowest BCUT2D eigenvalue weighted by Crippen LogP contribution is -2.44. The Hall–Kier alpha value is -0.963. The van der Waals surface area contributed by atoms with Gasteiger partial charge in [0.25, 0.3) is 0 Å². The first kappa shape index (κ1) is 23.7. The molecule has 2 aliphatic rings. The van der Waals surface area contributed by atoms with Crippen LogP contribution in [0.25, 0.3) is 0 Å². The van der Waals surface area contributed by atoms with Gasteiger partial charge in [-0.2, -0.15) is 0 Å². The Balaban J connectivity index is 1.90. The largest absolute Gasteiger partial charge is 0.543 e. The fourth-order valence-corrected chi connectivity index (χ4v) is 6.42. The quantitative estimate of drug-likeness (QED) is 0.405. The summed E-state index contributed by atoms with van der Waals surface area (Å²) in [4.78, 5) is 0. The molecular formula is C27H46O2Si. The van der Waals surface area contributed by atoms with Crippen LogP contribution in [-0.4, -0.2) is 14.4 Å². The number of rotatable bonds is 7. The Kier molecular flexibility index (Phi) is 6.21. The van der Waals surface area contributed by atoms with Gasteiger partial charge in [0.15, 0.2) is 0 Å². The smallest absolute Gasteiger partial charge is 0.250 e. The summed E-state index contributed by atoms with van der Waals surface area (Å²) in [5.74, 6) is 2.98. The van der Waals surface area contributed by atoms with Crippen molar-refractivity contribution in [3.8, 4) is 11.5 Å². The van der Waals surface area contributed by atoms with Crippen molar-refractivity contribution >= 4 is 8.32 Å². The predicted octanol–water partition coefficient (Wildman–Crippen LogP) is 8.32. The Morgan fingerprint density at radius 3 is 2.27 bits per heavy atom. The van der Waals surface area contributed by atoms with Gasteiger partial charge in [-0.05, 0) is 91.8 Å². The van der Waals surface area contributed by atoms with Crippen LogP contribution < -0.4 is 9.16 Å². The molecule has 0 N–H and O–H groups in total. The number of fused-ring (bicyclic) bond motifs is 2. The second-order valence-electron chi connectivity index (χ2n) is 12.4. The summed E-state index contributed by atoms with van der Waals surface area (Å²) in [6.07, 6.45) is 7.64. The van der Waals surface area contributed by atoms with Crippen LogP contribution in [0.1, 0.15) is 91.7 Å². The van der Waals surface area contributed by atoms with Gasteiger partial charge in [-0.3, -0.25) is 0 Å². The third kappa shape index (κ3) is 3.96. The molecule has 0 amide bonds. The van der Waals surface area contributed by atoms with Gasteiger partial charge < -0.3 is 9.16 Å². The molecule has 3 heteroatoms. The van der Waals surface area contributed by atoms with Crippen LogP contribution in [0.4, 0.5) is 0 Å². The maximum absolute atomic E-state index is 6.81. The summed E-state index contributed by atoms with van der Waals surface area (Å²) in [6.45, 7) is 23.5. The van der Waals surface area contributed by atoms with Crippen LogP contribution >= 0.6 is 0 Å². The first-order valence-corrected chi connectivity index (χ1v) is 15.1. The Morgan fingerprint density at radius 1 is 1.10 bits per heavy atom. The molecule has 1 aromatic rings. The van der Waals surface area contributed by atoms with E-state index in [4.69, 9.17) is 9.16 Å². The first-order valence-electron chi connectivity index (χ1n) is 12.2. The van der Waals surface area contributed by atoms with Crippen molar-refractivity contribution in [2.75, 3.05) is 0 Å². The number of benzene rings is 1. The lowest BCUT2D eigenvalue weighted by molar-refractivity contribution is 0.0297. The van der Waals surface area contributed by atoms with Crippen LogP contribution in [0, 0.1) is 23.7 Å². The number of ether oxygens (including phenoxy) is 1. The molecule has 2 nitrogen and oxygen atoms in total. The average molecular weight is 431 g/mol. The highest BCUT2D eigenvalue weighted by molar-refractivity contribution is 6.74. The fraction of sp³-hybridized carbons (Fsp3) is 0.778. The molecule has 0 heterocycles. The molecule has 0 saturated heterocycles. The molecule has 2 fully saturated rings. The van der Waals surface area contributed by atoms with Crippen LogP contribution in [0.3, 0.4) is 0 Å². The minimum absolute atomic E-state index is 0.196. The Bertz CT molecular complexity index is 774.